The molecule has 0 saturated carbocycles. The minimum absolute atomic E-state index is 0.0419. The van der Waals surface area contributed by atoms with Crippen LogP contribution in [0.3, 0.4) is 0 Å². The molecule has 1 aromatic heterocycles. The first kappa shape index (κ1) is 37.5. The maximum Gasteiger partial charge on any atom is 0.433 e. The van der Waals surface area contributed by atoms with E-state index in [1.54, 1.807) is 30.3 Å². The molecule has 3 rings (SSSR count). The smallest absolute Gasteiger partial charge is 0.343 e. The minimum atomic E-state index is -4.54. The summed E-state index contributed by atoms with van der Waals surface area (Å²) in [4.78, 5) is 31.2. The van der Waals surface area contributed by atoms with Crippen molar-refractivity contribution in [3.63, 3.8) is 0 Å². The van der Waals surface area contributed by atoms with Crippen LogP contribution in [0, 0.1) is 5.92 Å². The molecule has 0 bridgehead atoms. The molecule has 0 fully saturated rings. The molecule has 0 radical (unpaired) electrons. The van der Waals surface area contributed by atoms with Crippen molar-refractivity contribution in [2.24, 2.45) is 5.92 Å². The second kappa shape index (κ2) is 16.7. The van der Waals surface area contributed by atoms with Crippen molar-refractivity contribution in [1.29, 1.82) is 0 Å². The predicted octanol–water partition coefficient (Wildman–Crippen LogP) is 7.21. The molecule has 1 atom stereocenters. The number of Topliss-reactive ketones (excluding diaryl/α,β-unsaturated/α-hetero) is 1. The predicted molar refractivity (Wildman–Crippen MR) is 172 cm³/mol. The Labute approximate surface area is 271 Å². The van der Waals surface area contributed by atoms with Crippen LogP contribution in [0.5, 0.6) is 0 Å². The molecule has 11 heteroatoms. The quantitative estimate of drug-likeness (QED) is 0.138. The monoisotopic (exact) mass is 661 g/mol. The average Bonchev–Trinajstić information content (AvgIpc) is 3.02. The largest absolute Gasteiger partial charge is 0.433 e. The number of nitrogens with zero attached hydrogens (tertiary/aromatic N) is 2. The van der Waals surface area contributed by atoms with Crippen molar-refractivity contribution >= 4 is 24.3 Å². The molecular weight excluding hydrogens is 620 g/mol. The zero-order valence-electron chi connectivity index (χ0n) is 26.9. The summed E-state index contributed by atoms with van der Waals surface area (Å²) >= 11 is 0. The van der Waals surface area contributed by atoms with Gasteiger partial charge in [0.1, 0.15) is 12.2 Å². The van der Waals surface area contributed by atoms with Gasteiger partial charge in [-0.15, -0.1) is 0 Å². The number of amides is 1. The minimum Gasteiger partial charge on any atom is -0.343 e. The van der Waals surface area contributed by atoms with Gasteiger partial charge in [-0.05, 0) is 72.8 Å². The van der Waals surface area contributed by atoms with E-state index in [4.69, 9.17) is 0 Å². The lowest BCUT2D eigenvalue weighted by Gasteiger charge is -2.23. The number of ketones is 1. The van der Waals surface area contributed by atoms with Crippen LogP contribution in [0.15, 0.2) is 54.6 Å². The van der Waals surface area contributed by atoms with Gasteiger partial charge < -0.3 is 10.2 Å². The molecule has 3 aromatic rings. The highest BCUT2D eigenvalue weighted by Crippen LogP contribution is 2.29. The summed E-state index contributed by atoms with van der Waals surface area (Å²) < 4.78 is 77.0. The van der Waals surface area contributed by atoms with Gasteiger partial charge in [0, 0.05) is 36.2 Å². The van der Waals surface area contributed by atoms with Gasteiger partial charge in [-0.25, -0.2) is 4.98 Å². The Kier molecular flexibility index (Phi) is 13.3. The third-order valence-electron chi connectivity index (χ3n) is 7.93. The van der Waals surface area contributed by atoms with Crippen LogP contribution in [0.1, 0.15) is 77.9 Å². The van der Waals surface area contributed by atoms with Crippen LogP contribution in [0.4, 0.5) is 26.3 Å². The van der Waals surface area contributed by atoms with Gasteiger partial charge in [0.15, 0.2) is 5.78 Å². The first-order chi connectivity index (χ1) is 22.1. The number of carbonyl (C=O) groups excluding carboxylic acids is 2. The fourth-order valence-electron chi connectivity index (χ4n) is 5.61. The Balaban J connectivity index is 1.59. The standard InChI is InChI=1S/C36H41F6N3O2/c1-5-9-25(10-7-12-32(46)27-17-15-26(16-18-27)31-11-8-13-33(44-31)36(40,41)42)22-45(4)21-20-29-24(3)14-19-30(28(29)6-2)34(47)43-23-35(37,38)39/h8,11,13-20,25H,3,5-7,9-10,12,21-23H2,1-2,4H3,(H,43,47)/b29-20+. The zero-order valence-corrected chi connectivity index (χ0v) is 26.9. The van der Waals surface area contributed by atoms with E-state index in [9.17, 15) is 35.9 Å². The lowest BCUT2D eigenvalue weighted by molar-refractivity contribution is -0.141. The van der Waals surface area contributed by atoms with Crippen LogP contribution in [-0.2, 0) is 12.6 Å². The molecule has 0 spiro atoms. The number of hydrogen-bond acceptors (Lipinski definition) is 4. The normalized spacial score (nSPS) is 13.2. The van der Waals surface area contributed by atoms with Gasteiger partial charge in [0.25, 0.3) is 5.91 Å². The molecule has 254 valence electrons. The van der Waals surface area contributed by atoms with E-state index in [0.717, 1.165) is 37.1 Å². The summed E-state index contributed by atoms with van der Waals surface area (Å²) in [6.07, 6.45) is -2.87. The van der Waals surface area contributed by atoms with E-state index >= 15 is 0 Å². The molecule has 1 N–H and O–H groups in total. The molecule has 0 aliphatic rings. The number of pyridine rings is 1. The molecule has 1 heterocycles. The number of halogens is 6. The Morgan fingerprint density at radius 2 is 1.68 bits per heavy atom. The number of nitrogens with one attached hydrogen (secondary N) is 1. The lowest BCUT2D eigenvalue weighted by atomic mass is 9.94. The summed E-state index contributed by atoms with van der Waals surface area (Å²) in [5.41, 5.74) is 1.04. The van der Waals surface area contributed by atoms with E-state index in [1.165, 1.54) is 18.2 Å². The summed E-state index contributed by atoms with van der Waals surface area (Å²) in [5.74, 6) is -0.493. The van der Waals surface area contributed by atoms with Crippen LogP contribution in [-0.4, -0.2) is 54.4 Å². The number of rotatable bonds is 15. The van der Waals surface area contributed by atoms with Crippen molar-refractivity contribution in [2.45, 2.75) is 64.7 Å². The van der Waals surface area contributed by atoms with E-state index in [1.807, 2.05) is 25.4 Å². The molecule has 0 aliphatic carbocycles. The number of aromatic nitrogens is 1. The van der Waals surface area contributed by atoms with Crippen molar-refractivity contribution < 1.29 is 35.9 Å². The highest BCUT2D eigenvalue weighted by molar-refractivity contribution is 5.96. The summed E-state index contributed by atoms with van der Waals surface area (Å²) in [6, 6.07) is 13.3. The van der Waals surface area contributed by atoms with Crippen LogP contribution >= 0.6 is 0 Å². The van der Waals surface area contributed by atoms with E-state index in [0.29, 0.717) is 53.6 Å². The molecule has 2 aromatic carbocycles. The maximum atomic E-state index is 13.0. The fraction of sp³-hybridized carbons (Fsp3) is 0.417. The molecular formula is C36H41F6N3O2. The SMILES string of the molecule is C=c1ccc(C(=O)NCC(F)(F)F)c(CC)/c1=C/CN(C)CC(CCC)CCCC(=O)c1ccc(-c2cccc(C(F)(F)F)n2)cc1. The highest BCUT2D eigenvalue weighted by Gasteiger charge is 2.32. The highest BCUT2D eigenvalue weighted by atomic mass is 19.4. The first-order valence-electron chi connectivity index (χ1n) is 15.6. The summed E-state index contributed by atoms with van der Waals surface area (Å²) in [6.45, 7) is 7.90. The molecule has 1 amide bonds. The summed E-state index contributed by atoms with van der Waals surface area (Å²) in [5, 5.41) is 3.38. The van der Waals surface area contributed by atoms with Crippen LogP contribution in [0.25, 0.3) is 23.9 Å². The fourth-order valence-corrected chi connectivity index (χ4v) is 5.61. The van der Waals surface area contributed by atoms with Gasteiger partial charge in [0.2, 0.25) is 0 Å². The third-order valence-corrected chi connectivity index (χ3v) is 7.93. The Hall–Kier alpha value is -3.99. The van der Waals surface area contributed by atoms with Crippen molar-refractivity contribution in [3.05, 3.63) is 87.4 Å². The number of alkyl halides is 6. The number of hydrogen-bond donors (Lipinski definition) is 1. The molecule has 47 heavy (non-hydrogen) atoms. The number of carbonyl (C=O) groups is 2. The van der Waals surface area contributed by atoms with Gasteiger partial charge >= 0.3 is 12.4 Å². The Bertz CT molecular complexity index is 1620. The number of benzene rings is 2. The second-order valence-electron chi connectivity index (χ2n) is 11.7. The Morgan fingerprint density at radius 3 is 2.30 bits per heavy atom. The van der Waals surface area contributed by atoms with Crippen molar-refractivity contribution in [2.75, 3.05) is 26.7 Å². The molecule has 1 unspecified atom stereocenters. The van der Waals surface area contributed by atoms with Crippen molar-refractivity contribution in [3.8, 4) is 11.3 Å². The topological polar surface area (TPSA) is 62.3 Å². The van der Waals surface area contributed by atoms with Crippen LogP contribution < -0.4 is 15.8 Å². The zero-order chi connectivity index (χ0) is 34.8. The van der Waals surface area contributed by atoms with Gasteiger partial charge in [0.05, 0.1) is 5.69 Å². The molecule has 5 nitrogen and oxygen atoms in total. The van der Waals surface area contributed by atoms with Gasteiger partial charge in [-0.3, -0.25) is 9.59 Å². The van der Waals surface area contributed by atoms with Crippen LogP contribution in [0.2, 0.25) is 0 Å². The van der Waals surface area contributed by atoms with Crippen molar-refractivity contribution in [1.82, 2.24) is 15.2 Å². The van der Waals surface area contributed by atoms with E-state index in [2.05, 4.69) is 23.4 Å². The van der Waals surface area contributed by atoms with Gasteiger partial charge in [-0.2, -0.15) is 26.3 Å². The lowest BCUT2D eigenvalue weighted by Crippen LogP contribution is -2.37. The maximum absolute atomic E-state index is 13.0. The van der Waals surface area contributed by atoms with E-state index < -0.39 is 30.5 Å². The first-order valence-corrected chi connectivity index (χ1v) is 15.6. The Morgan fingerprint density at radius 1 is 0.979 bits per heavy atom. The average molecular weight is 662 g/mol. The van der Waals surface area contributed by atoms with E-state index in [-0.39, 0.29) is 17.0 Å². The molecule has 0 aliphatic heterocycles. The second-order valence-corrected chi connectivity index (χ2v) is 11.7. The third kappa shape index (κ3) is 11.3. The molecule has 0 saturated heterocycles. The summed E-state index contributed by atoms with van der Waals surface area (Å²) in [7, 11) is 1.97. The van der Waals surface area contributed by atoms with Gasteiger partial charge in [-0.1, -0.05) is 69.3 Å².